The lowest BCUT2D eigenvalue weighted by molar-refractivity contribution is -0.150. The van der Waals surface area contributed by atoms with E-state index in [0.717, 1.165) is 0 Å². The molecular formula is C13H12Cl2N2O4. The molecule has 8 heteroatoms. The summed E-state index contributed by atoms with van der Waals surface area (Å²) < 4.78 is 5.30. The smallest absolute Gasteiger partial charge is 0.261 e. The van der Waals surface area contributed by atoms with Gasteiger partial charge in [0, 0.05) is 6.07 Å². The second-order valence-corrected chi connectivity index (χ2v) is 5.29. The van der Waals surface area contributed by atoms with E-state index in [4.69, 9.17) is 27.9 Å². The molecule has 0 bridgehead atoms. The number of amides is 3. The second-order valence-electron chi connectivity index (χ2n) is 4.47. The molecule has 1 aromatic rings. The van der Waals surface area contributed by atoms with Crippen LogP contribution in [0.4, 0.5) is 0 Å². The molecule has 0 aromatic heterocycles. The Bertz CT molecular complexity index is 606. The molecule has 0 spiro atoms. The molecule has 112 valence electrons. The first-order valence-electron chi connectivity index (χ1n) is 6.09. The van der Waals surface area contributed by atoms with E-state index >= 15 is 0 Å². The van der Waals surface area contributed by atoms with Crippen LogP contribution in [0, 0.1) is 0 Å². The minimum Gasteiger partial charge on any atom is -0.484 e. The maximum Gasteiger partial charge on any atom is 0.261 e. The summed E-state index contributed by atoms with van der Waals surface area (Å²) in [6, 6.07) is 3.88. The first-order chi connectivity index (χ1) is 9.88. The van der Waals surface area contributed by atoms with E-state index in [-0.39, 0.29) is 13.2 Å². The van der Waals surface area contributed by atoms with Gasteiger partial charge in [0.2, 0.25) is 11.8 Å². The largest absolute Gasteiger partial charge is 0.484 e. The highest BCUT2D eigenvalue weighted by molar-refractivity contribution is 6.42. The van der Waals surface area contributed by atoms with Crippen LogP contribution in [0.25, 0.3) is 0 Å². The Morgan fingerprint density at radius 3 is 2.76 bits per heavy atom. The molecule has 1 saturated heterocycles. The van der Waals surface area contributed by atoms with Gasteiger partial charge in [-0.15, -0.1) is 0 Å². The number of benzene rings is 1. The zero-order valence-electron chi connectivity index (χ0n) is 11.1. The normalized spacial score (nSPS) is 18.4. The summed E-state index contributed by atoms with van der Waals surface area (Å²) >= 11 is 11.6. The van der Waals surface area contributed by atoms with Gasteiger partial charge in [0.15, 0.2) is 6.61 Å². The summed E-state index contributed by atoms with van der Waals surface area (Å²) in [5.74, 6) is -1.11. The highest BCUT2D eigenvalue weighted by atomic mass is 35.5. The van der Waals surface area contributed by atoms with Crippen molar-refractivity contribution in [1.82, 2.24) is 10.2 Å². The average Bonchev–Trinajstić information content (AvgIpc) is 2.43. The van der Waals surface area contributed by atoms with E-state index < -0.39 is 23.8 Å². The van der Waals surface area contributed by atoms with Crippen molar-refractivity contribution >= 4 is 40.9 Å². The number of halogens is 2. The van der Waals surface area contributed by atoms with Gasteiger partial charge >= 0.3 is 0 Å². The van der Waals surface area contributed by atoms with Crippen molar-refractivity contribution in [2.24, 2.45) is 0 Å². The van der Waals surface area contributed by atoms with Crippen molar-refractivity contribution < 1.29 is 19.1 Å². The molecule has 1 atom stereocenters. The molecule has 1 fully saturated rings. The van der Waals surface area contributed by atoms with Crippen molar-refractivity contribution in [3.05, 3.63) is 28.2 Å². The fourth-order valence-electron chi connectivity index (χ4n) is 1.81. The second kappa shape index (κ2) is 6.32. The van der Waals surface area contributed by atoms with Crippen LogP contribution in [0.3, 0.4) is 0 Å². The Labute approximate surface area is 130 Å². The van der Waals surface area contributed by atoms with Gasteiger partial charge in [-0.25, -0.2) is 0 Å². The van der Waals surface area contributed by atoms with Crippen molar-refractivity contribution in [3.63, 3.8) is 0 Å². The Morgan fingerprint density at radius 1 is 1.38 bits per heavy atom. The lowest BCUT2D eigenvalue weighted by Crippen LogP contribution is -2.59. The van der Waals surface area contributed by atoms with E-state index in [1.165, 1.54) is 11.0 Å². The molecule has 1 aliphatic rings. The highest BCUT2D eigenvalue weighted by Crippen LogP contribution is 2.26. The standard InChI is InChI=1S/C13H12Cl2N2O4/c1-7-13(20)16-11(18)5-17(7)12(19)6-21-8-2-3-9(14)10(15)4-8/h2-4,7H,5-6H2,1H3,(H,16,18,20). The van der Waals surface area contributed by atoms with Gasteiger partial charge in [0.1, 0.15) is 18.3 Å². The molecule has 21 heavy (non-hydrogen) atoms. The van der Waals surface area contributed by atoms with Gasteiger partial charge in [0.25, 0.3) is 5.91 Å². The summed E-state index contributed by atoms with van der Waals surface area (Å²) in [6.45, 7) is 1.07. The van der Waals surface area contributed by atoms with Crippen LogP contribution in [0.1, 0.15) is 6.92 Å². The van der Waals surface area contributed by atoms with Crippen molar-refractivity contribution in [2.75, 3.05) is 13.2 Å². The first-order valence-corrected chi connectivity index (χ1v) is 6.85. The SMILES string of the molecule is CC1C(=O)NC(=O)CN1C(=O)COc1ccc(Cl)c(Cl)c1. The quantitative estimate of drug-likeness (QED) is 0.846. The van der Waals surface area contributed by atoms with Crippen molar-refractivity contribution in [1.29, 1.82) is 0 Å². The van der Waals surface area contributed by atoms with Gasteiger partial charge in [-0.2, -0.15) is 0 Å². The van der Waals surface area contributed by atoms with Gasteiger partial charge in [-0.05, 0) is 19.1 Å². The highest BCUT2D eigenvalue weighted by Gasteiger charge is 2.33. The third-order valence-electron chi connectivity index (χ3n) is 3.00. The van der Waals surface area contributed by atoms with E-state index in [0.29, 0.717) is 15.8 Å². The number of nitrogens with one attached hydrogen (secondary N) is 1. The Morgan fingerprint density at radius 2 is 2.10 bits per heavy atom. The molecule has 6 nitrogen and oxygen atoms in total. The molecule has 1 heterocycles. The molecule has 1 N–H and O–H groups in total. The molecule has 1 aromatic carbocycles. The van der Waals surface area contributed by atoms with Crippen LogP contribution in [-0.4, -0.2) is 41.8 Å². The van der Waals surface area contributed by atoms with E-state index in [1.54, 1.807) is 19.1 Å². The fourth-order valence-corrected chi connectivity index (χ4v) is 2.10. The van der Waals surface area contributed by atoms with Crippen LogP contribution < -0.4 is 10.1 Å². The number of ether oxygens (including phenoxy) is 1. The van der Waals surface area contributed by atoms with Crippen LogP contribution in [0.5, 0.6) is 5.75 Å². The molecular weight excluding hydrogens is 319 g/mol. The third-order valence-corrected chi connectivity index (χ3v) is 3.74. The minimum absolute atomic E-state index is 0.170. The number of imide groups is 1. The zero-order valence-corrected chi connectivity index (χ0v) is 12.6. The topological polar surface area (TPSA) is 75.7 Å². The number of hydrogen-bond acceptors (Lipinski definition) is 4. The predicted molar refractivity (Wildman–Crippen MR) is 76.3 cm³/mol. The van der Waals surface area contributed by atoms with Crippen LogP contribution >= 0.6 is 23.2 Å². The Kier molecular flexibility index (Phi) is 4.69. The van der Waals surface area contributed by atoms with Gasteiger partial charge in [-0.1, -0.05) is 23.2 Å². The summed E-state index contributed by atoms with van der Waals surface area (Å²) in [7, 11) is 0. The Hall–Kier alpha value is -1.79. The molecule has 0 aliphatic carbocycles. The number of carbonyl (C=O) groups is 3. The van der Waals surface area contributed by atoms with Gasteiger partial charge < -0.3 is 9.64 Å². The fraction of sp³-hybridized carbons (Fsp3) is 0.308. The number of rotatable bonds is 3. The van der Waals surface area contributed by atoms with E-state index in [2.05, 4.69) is 5.32 Å². The minimum atomic E-state index is -0.715. The summed E-state index contributed by atoms with van der Waals surface area (Å²) in [4.78, 5) is 36.0. The molecule has 2 rings (SSSR count). The average molecular weight is 331 g/mol. The number of carbonyl (C=O) groups excluding carboxylic acids is 3. The molecule has 1 unspecified atom stereocenters. The Balaban J connectivity index is 1.99. The lowest BCUT2D eigenvalue weighted by atomic mass is 10.2. The van der Waals surface area contributed by atoms with Crippen molar-refractivity contribution in [2.45, 2.75) is 13.0 Å². The molecule has 1 aliphatic heterocycles. The first kappa shape index (κ1) is 15.6. The predicted octanol–water partition coefficient (Wildman–Crippen LogP) is 1.25. The van der Waals surface area contributed by atoms with Gasteiger partial charge in [0.05, 0.1) is 10.0 Å². The van der Waals surface area contributed by atoms with Crippen molar-refractivity contribution in [3.8, 4) is 5.75 Å². The summed E-state index contributed by atoms with van der Waals surface area (Å²) in [5, 5.41) is 2.84. The van der Waals surface area contributed by atoms with Gasteiger partial charge in [-0.3, -0.25) is 19.7 Å². The number of hydrogen-bond donors (Lipinski definition) is 1. The van der Waals surface area contributed by atoms with E-state index in [9.17, 15) is 14.4 Å². The number of piperazine rings is 1. The number of nitrogens with zero attached hydrogens (tertiary/aromatic N) is 1. The monoisotopic (exact) mass is 330 g/mol. The summed E-state index contributed by atoms with van der Waals surface area (Å²) in [5.41, 5.74) is 0. The maximum atomic E-state index is 12.0. The van der Waals surface area contributed by atoms with Crippen LogP contribution in [0.2, 0.25) is 10.0 Å². The summed E-state index contributed by atoms with van der Waals surface area (Å²) in [6.07, 6.45) is 0. The van der Waals surface area contributed by atoms with Crippen LogP contribution in [-0.2, 0) is 14.4 Å². The maximum absolute atomic E-state index is 12.0. The third kappa shape index (κ3) is 3.65. The lowest BCUT2D eigenvalue weighted by Gasteiger charge is -2.31. The van der Waals surface area contributed by atoms with E-state index in [1.807, 2.05) is 0 Å². The molecule has 0 saturated carbocycles. The van der Waals surface area contributed by atoms with Crippen LogP contribution in [0.15, 0.2) is 18.2 Å². The zero-order chi connectivity index (χ0) is 15.6. The molecule has 3 amide bonds. The molecule has 0 radical (unpaired) electrons.